The molecular weight excluding hydrogens is 358 g/mol. The molecule has 1 aromatic heterocycles. The summed E-state index contributed by atoms with van der Waals surface area (Å²) < 4.78 is 7.71. The second-order valence-electron chi connectivity index (χ2n) is 8.24. The quantitative estimate of drug-likeness (QED) is 0.578. The molecule has 0 atom stereocenters. The number of aromatic nitrogens is 1. The number of rotatable bonds is 4. The van der Waals surface area contributed by atoms with Gasteiger partial charge in [0.15, 0.2) is 5.78 Å². The van der Waals surface area contributed by atoms with Crippen molar-refractivity contribution in [3.63, 3.8) is 0 Å². The first kappa shape index (κ1) is 18.1. The fraction of sp³-hybridized carbons (Fsp3) is 0.269. The maximum atomic E-state index is 12.4. The number of hydrogen-bond donors (Lipinski definition) is 0. The van der Waals surface area contributed by atoms with Crippen molar-refractivity contribution in [2.45, 2.75) is 19.3 Å². The smallest absolute Gasteiger partial charge is 0.188 e. The highest BCUT2D eigenvalue weighted by atomic mass is 16.5. The van der Waals surface area contributed by atoms with Crippen molar-refractivity contribution in [1.29, 1.82) is 0 Å². The van der Waals surface area contributed by atoms with E-state index in [1.165, 1.54) is 28.1 Å². The van der Waals surface area contributed by atoms with Crippen LogP contribution in [0.25, 0.3) is 22.5 Å². The summed E-state index contributed by atoms with van der Waals surface area (Å²) >= 11 is 0. The fourth-order valence-electron chi connectivity index (χ4n) is 4.56. The van der Waals surface area contributed by atoms with Crippen LogP contribution in [0.2, 0.25) is 0 Å². The summed E-state index contributed by atoms with van der Waals surface area (Å²) in [6.45, 7) is 5.62. The molecule has 0 N–H and O–H groups in total. The molecule has 146 valence electrons. The summed E-state index contributed by atoms with van der Waals surface area (Å²) in [6.07, 6.45) is 2.67. The summed E-state index contributed by atoms with van der Waals surface area (Å²) in [4.78, 5) is 12.4. The van der Waals surface area contributed by atoms with Gasteiger partial charge in [0.25, 0.3) is 0 Å². The Morgan fingerprint density at radius 1 is 1.03 bits per heavy atom. The van der Waals surface area contributed by atoms with Crippen LogP contribution < -0.4 is 0 Å². The molecule has 2 aromatic carbocycles. The highest BCUT2D eigenvalue weighted by Gasteiger charge is 2.25. The van der Waals surface area contributed by atoms with Crippen LogP contribution in [0, 0.1) is 5.92 Å². The minimum absolute atomic E-state index is 0.0975. The lowest BCUT2D eigenvalue weighted by atomic mass is 9.86. The topological polar surface area (TPSA) is 31.2 Å². The number of benzene rings is 2. The molecule has 2 heterocycles. The molecule has 0 radical (unpaired) electrons. The zero-order valence-electron chi connectivity index (χ0n) is 16.8. The SMILES string of the molecule is C=C1CCc2cc(-c3cc(CC4COC4)c(-c4ccccc4)n3C)ccc2C1=O. The van der Waals surface area contributed by atoms with Gasteiger partial charge in [-0.05, 0) is 59.2 Å². The molecule has 5 rings (SSSR count). The molecule has 1 aliphatic carbocycles. The Kier molecular flexibility index (Phi) is 4.48. The molecular formula is C26H25NO2. The van der Waals surface area contributed by atoms with E-state index in [2.05, 4.69) is 66.7 Å². The van der Waals surface area contributed by atoms with E-state index in [0.29, 0.717) is 5.92 Å². The minimum atomic E-state index is 0.0975. The lowest BCUT2D eigenvalue weighted by Gasteiger charge is -2.26. The Hall–Kier alpha value is -2.91. The maximum Gasteiger partial charge on any atom is 0.188 e. The molecule has 0 bridgehead atoms. The Morgan fingerprint density at radius 3 is 2.55 bits per heavy atom. The molecule has 0 spiro atoms. The van der Waals surface area contributed by atoms with Gasteiger partial charge in [0.2, 0.25) is 0 Å². The monoisotopic (exact) mass is 383 g/mol. The Balaban J connectivity index is 1.60. The van der Waals surface area contributed by atoms with Crippen molar-refractivity contribution in [1.82, 2.24) is 4.57 Å². The number of hydrogen-bond acceptors (Lipinski definition) is 2. The van der Waals surface area contributed by atoms with E-state index in [0.717, 1.165) is 49.2 Å². The standard InChI is InChI=1S/C26H25NO2/c1-17-8-9-20-13-21(10-11-23(20)26(17)28)24-14-22(12-18-15-29-16-18)25(27(24)2)19-6-4-3-5-7-19/h3-7,10-11,13-14,18H,1,8-9,12,15-16H2,2H3. The third-order valence-electron chi connectivity index (χ3n) is 6.24. The molecule has 1 fully saturated rings. The van der Waals surface area contributed by atoms with Crippen molar-refractivity contribution in [2.24, 2.45) is 13.0 Å². The Morgan fingerprint density at radius 2 is 1.83 bits per heavy atom. The van der Waals surface area contributed by atoms with Gasteiger partial charge in [0, 0.05) is 24.2 Å². The van der Waals surface area contributed by atoms with Crippen LogP contribution >= 0.6 is 0 Å². The van der Waals surface area contributed by atoms with Gasteiger partial charge in [-0.15, -0.1) is 0 Å². The largest absolute Gasteiger partial charge is 0.381 e. The van der Waals surface area contributed by atoms with Crippen LogP contribution in [-0.2, 0) is 24.6 Å². The van der Waals surface area contributed by atoms with Crippen LogP contribution in [0.4, 0.5) is 0 Å². The molecule has 1 aliphatic heterocycles. The van der Waals surface area contributed by atoms with E-state index in [-0.39, 0.29) is 5.78 Å². The number of ketones is 1. The number of nitrogens with zero attached hydrogens (tertiary/aromatic N) is 1. The number of ether oxygens (including phenoxy) is 1. The molecule has 0 unspecified atom stereocenters. The van der Waals surface area contributed by atoms with Crippen LogP contribution in [0.1, 0.15) is 27.9 Å². The van der Waals surface area contributed by atoms with Crippen molar-refractivity contribution in [3.05, 3.63) is 83.4 Å². The third kappa shape index (κ3) is 3.16. The second kappa shape index (κ2) is 7.16. The zero-order valence-corrected chi connectivity index (χ0v) is 16.8. The molecule has 3 nitrogen and oxygen atoms in total. The first-order chi connectivity index (χ1) is 14.1. The summed E-state index contributed by atoms with van der Waals surface area (Å²) in [5, 5.41) is 0. The van der Waals surface area contributed by atoms with E-state index >= 15 is 0 Å². The first-order valence-electron chi connectivity index (χ1n) is 10.3. The predicted molar refractivity (Wildman–Crippen MR) is 116 cm³/mol. The van der Waals surface area contributed by atoms with Crippen molar-refractivity contribution in [3.8, 4) is 22.5 Å². The van der Waals surface area contributed by atoms with Crippen LogP contribution in [0.15, 0.2) is 66.7 Å². The van der Waals surface area contributed by atoms with E-state index in [4.69, 9.17) is 4.74 Å². The molecule has 29 heavy (non-hydrogen) atoms. The van der Waals surface area contributed by atoms with E-state index in [9.17, 15) is 4.79 Å². The van der Waals surface area contributed by atoms with Gasteiger partial charge in [0.1, 0.15) is 0 Å². The number of allylic oxidation sites excluding steroid dienone is 1. The predicted octanol–water partition coefficient (Wildman–Crippen LogP) is 5.23. The molecule has 2 aliphatic rings. The summed E-state index contributed by atoms with van der Waals surface area (Å²) in [5.74, 6) is 0.695. The number of fused-ring (bicyclic) bond motifs is 1. The number of aryl methyl sites for hydroxylation is 1. The lowest BCUT2D eigenvalue weighted by Crippen LogP contribution is -2.29. The van der Waals surface area contributed by atoms with E-state index < -0.39 is 0 Å². The summed E-state index contributed by atoms with van der Waals surface area (Å²) in [5.41, 5.74) is 8.91. The number of carbonyl (C=O) groups is 1. The average Bonchev–Trinajstić information content (AvgIpc) is 3.04. The van der Waals surface area contributed by atoms with Gasteiger partial charge < -0.3 is 9.30 Å². The molecule has 0 amide bonds. The highest BCUT2D eigenvalue weighted by Crippen LogP contribution is 2.36. The molecule has 1 saturated heterocycles. The average molecular weight is 383 g/mol. The number of Topliss-reactive ketones (excluding diaryl/α,β-unsaturated/α-hetero) is 1. The van der Waals surface area contributed by atoms with Crippen LogP contribution in [0.3, 0.4) is 0 Å². The summed E-state index contributed by atoms with van der Waals surface area (Å²) in [6, 6.07) is 19.2. The van der Waals surface area contributed by atoms with E-state index in [1.54, 1.807) is 0 Å². The minimum Gasteiger partial charge on any atom is -0.381 e. The normalized spacial score (nSPS) is 16.6. The van der Waals surface area contributed by atoms with Gasteiger partial charge in [0.05, 0.1) is 18.9 Å². The van der Waals surface area contributed by atoms with Crippen molar-refractivity contribution < 1.29 is 9.53 Å². The van der Waals surface area contributed by atoms with Gasteiger partial charge in [-0.1, -0.05) is 49.0 Å². The Labute approximate surface area is 171 Å². The zero-order chi connectivity index (χ0) is 20.0. The van der Waals surface area contributed by atoms with Crippen molar-refractivity contribution in [2.75, 3.05) is 13.2 Å². The molecule has 0 saturated carbocycles. The van der Waals surface area contributed by atoms with Crippen molar-refractivity contribution >= 4 is 5.78 Å². The maximum absolute atomic E-state index is 12.4. The van der Waals surface area contributed by atoms with Gasteiger partial charge in [-0.2, -0.15) is 0 Å². The first-order valence-corrected chi connectivity index (χ1v) is 10.3. The molecule has 3 heteroatoms. The fourth-order valence-corrected chi connectivity index (χ4v) is 4.56. The van der Waals surface area contributed by atoms with E-state index in [1.807, 2.05) is 6.07 Å². The second-order valence-corrected chi connectivity index (χ2v) is 8.24. The van der Waals surface area contributed by atoms with Crippen LogP contribution in [0.5, 0.6) is 0 Å². The van der Waals surface area contributed by atoms with Crippen LogP contribution in [-0.4, -0.2) is 23.6 Å². The van der Waals surface area contributed by atoms with Gasteiger partial charge >= 0.3 is 0 Å². The number of carbonyl (C=O) groups excluding carboxylic acids is 1. The Bertz CT molecular complexity index is 1100. The lowest BCUT2D eigenvalue weighted by molar-refractivity contribution is -0.0311. The highest BCUT2D eigenvalue weighted by molar-refractivity contribution is 6.10. The van der Waals surface area contributed by atoms with Gasteiger partial charge in [-0.25, -0.2) is 0 Å². The summed E-state index contributed by atoms with van der Waals surface area (Å²) in [7, 11) is 2.14. The van der Waals surface area contributed by atoms with Gasteiger partial charge in [-0.3, -0.25) is 4.79 Å². The third-order valence-corrected chi connectivity index (χ3v) is 6.24. The molecule has 3 aromatic rings.